The van der Waals surface area contributed by atoms with Crippen molar-refractivity contribution in [2.75, 3.05) is 30.5 Å². The number of benzene rings is 3. The molecule has 0 amide bonds. The van der Waals surface area contributed by atoms with Gasteiger partial charge in [-0.05, 0) is 48.7 Å². The molecule has 0 aliphatic rings. The maximum atomic E-state index is 13.2. The van der Waals surface area contributed by atoms with E-state index in [9.17, 15) is 18.6 Å². The first-order chi connectivity index (χ1) is 16.1. The average Bonchev–Trinajstić information content (AvgIpc) is 2.79. The third kappa shape index (κ3) is 5.21. The molecule has 0 saturated carbocycles. The quantitative estimate of drug-likeness (QED) is 0.393. The summed E-state index contributed by atoms with van der Waals surface area (Å²) in [5.41, 5.74) is 7.74. The Kier molecular flexibility index (Phi) is 7.58. The van der Waals surface area contributed by atoms with Crippen molar-refractivity contribution in [2.45, 2.75) is 25.5 Å². The van der Waals surface area contributed by atoms with Crippen molar-refractivity contribution in [1.82, 2.24) is 0 Å². The highest BCUT2D eigenvalue weighted by Crippen LogP contribution is 2.43. The highest BCUT2D eigenvalue weighted by molar-refractivity contribution is 7.92. The third-order valence-corrected chi connectivity index (χ3v) is 6.75. The van der Waals surface area contributed by atoms with E-state index in [1.165, 1.54) is 30.5 Å². The number of sulfonamides is 1. The summed E-state index contributed by atoms with van der Waals surface area (Å²) < 4.78 is 38.2. The summed E-state index contributed by atoms with van der Waals surface area (Å²) in [4.78, 5) is 0. The van der Waals surface area contributed by atoms with E-state index in [4.69, 9.17) is 15.2 Å². The number of nitrogens with two attached hydrogens (primary N) is 1. The molecule has 0 aliphatic carbocycles. The maximum Gasteiger partial charge on any atom is 0.232 e. The van der Waals surface area contributed by atoms with Crippen molar-refractivity contribution in [3.63, 3.8) is 0 Å². The summed E-state index contributed by atoms with van der Waals surface area (Å²) in [6.45, 7) is 1.46. The first kappa shape index (κ1) is 25.2. The number of anilines is 2. The topological polar surface area (TPSA) is 122 Å². The van der Waals surface area contributed by atoms with E-state index >= 15 is 0 Å². The Balaban J connectivity index is 2.22. The van der Waals surface area contributed by atoms with Crippen LogP contribution >= 0.6 is 0 Å². The van der Waals surface area contributed by atoms with Crippen LogP contribution < -0.4 is 19.5 Å². The molecule has 182 valence electrons. The van der Waals surface area contributed by atoms with Crippen LogP contribution in [0.5, 0.6) is 17.2 Å². The van der Waals surface area contributed by atoms with Crippen LogP contribution in [-0.4, -0.2) is 39.1 Å². The lowest BCUT2D eigenvalue weighted by Gasteiger charge is -2.33. The summed E-state index contributed by atoms with van der Waals surface area (Å²) >= 11 is 0. The molecular weight excluding hydrogens is 456 g/mol. The van der Waals surface area contributed by atoms with Gasteiger partial charge in [0.25, 0.3) is 0 Å². The number of aliphatic hydroxyl groups excluding tert-OH is 1. The van der Waals surface area contributed by atoms with Crippen molar-refractivity contribution >= 4 is 21.4 Å². The molecule has 3 aromatic rings. The largest absolute Gasteiger partial charge is 0.505 e. The standard InChI is InChI=1S/C25H30N2O6S/c1-16(28)24-19(26)11-12-20(25(24)29)27(34(4,30)31)21(18-8-6-5-7-9-18)14-17-10-13-22(32-2)23(15-17)33-3/h5-13,15-16,21,28-29H,14,26H2,1-4H3. The zero-order valence-electron chi connectivity index (χ0n) is 19.6. The van der Waals surface area contributed by atoms with E-state index in [-0.39, 0.29) is 29.1 Å². The predicted molar refractivity (Wildman–Crippen MR) is 133 cm³/mol. The van der Waals surface area contributed by atoms with Crippen LogP contribution in [0.25, 0.3) is 0 Å². The molecule has 9 heteroatoms. The second-order valence-electron chi connectivity index (χ2n) is 7.99. The average molecular weight is 487 g/mol. The van der Waals surface area contributed by atoms with Crippen molar-refractivity contribution in [3.8, 4) is 17.2 Å². The Morgan fingerprint density at radius 2 is 1.65 bits per heavy atom. The zero-order chi connectivity index (χ0) is 25.0. The first-order valence-corrected chi connectivity index (χ1v) is 12.5. The van der Waals surface area contributed by atoms with Crippen molar-refractivity contribution < 1.29 is 28.1 Å². The number of aromatic hydroxyl groups is 1. The lowest BCUT2D eigenvalue weighted by molar-refractivity contribution is 0.196. The molecule has 2 atom stereocenters. The van der Waals surface area contributed by atoms with Gasteiger partial charge in [0.15, 0.2) is 11.5 Å². The van der Waals surface area contributed by atoms with Crippen LogP contribution in [0.1, 0.15) is 35.8 Å². The Morgan fingerprint density at radius 3 is 2.21 bits per heavy atom. The van der Waals surface area contributed by atoms with E-state index in [0.717, 1.165) is 17.4 Å². The number of nitrogens with zero attached hydrogens (tertiary/aromatic N) is 1. The van der Waals surface area contributed by atoms with Crippen LogP contribution in [-0.2, 0) is 16.4 Å². The molecule has 0 heterocycles. The Labute approximate surface area is 200 Å². The first-order valence-electron chi connectivity index (χ1n) is 10.6. The van der Waals surface area contributed by atoms with Gasteiger partial charge in [0.1, 0.15) is 5.75 Å². The van der Waals surface area contributed by atoms with Gasteiger partial charge in [0.2, 0.25) is 10.0 Å². The van der Waals surface area contributed by atoms with Gasteiger partial charge in [-0.3, -0.25) is 4.31 Å². The van der Waals surface area contributed by atoms with Gasteiger partial charge in [0, 0.05) is 11.3 Å². The van der Waals surface area contributed by atoms with Crippen LogP contribution in [0.2, 0.25) is 0 Å². The second-order valence-corrected chi connectivity index (χ2v) is 9.85. The van der Waals surface area contributed by atoms with Gasteiger partial charge < -0.3 is 25.4 Å². The fourth-order valence-corrected chi connectivity index (χ4v) is 5.21. The number of aliphatic hydroxyl groups is 1. The Morgan fingerprint density at radius 1 is 1.00 bits per heavy atom. The molecule has 0 fully saturated rings. The number of nitrogen functional groups attached to an aromatic ring is 1. The summed E-state index contributed by atoms with van der Waals surface area (Å²) in [6, 6.07) is 16.7. The van der Waals surface area contributed by atoms with Gasteiger partial charge in [-0.1, -0.05) is 36.4 Å². The number of phenols is 1. The van der Waals surface area contributed by atoms with Crippen LogP contribution in [0.3, 0.4) is 0 Å². The van der Waals surface area contributed by atoms with Crippen molar-refractivity contribution in [3.05, 3.63) is 77.4 Å². The monoisotopic (exact) mass is 486 g/mol. The van der Waals surface area contributed by atoms with Crippen LogP contribution in [0.15, 0.2) is 60.7 Å². The van der Waals surface area contributed by atoms with E-state index in [2.05, 4.69) is 0 Å². The number of phenolic OH excluding ortho intramolecular Hbond substituents is 1. The summed E-state index contributed by atoms with van der Waals surface area (Å²) in [6.07, 6.45) is 0.253. The minimum absolute atomic E-state index is 0.0296. The van der Waals surface area contributed by atoms with E-state index in [0.29, 0.717) is 11.5 Å². The molecule has 3 rings (SSSR count). The van der Waals surface area contributed by atoms with Gasteiger partial charge in [0.05, 0.1) is 38.3 Å². The molecular formula is C25H30N2O6S. The third-order valence-electron chi connectivity index (χ3n) is 5.59. The van der Waals surface area contributed by atoms with Gasteiger partial charge >= 0.3 is 0 Å². The molecule has 8 nitrogen and oxygen atoms in total. The minimum atomic E-state index is -3.90. The van der Waals surface area contributed by atoms with Gasteiger partial charge in [-0.25, -0.2) is 8.42 Å². The highest BCUT2D eigenvalue weighted by Gasteiger charge is 2.32. The zero-order valence-corrected chi connectivity index (χ0v) is 20.4. The Bertz CT molecular complexity index is 1250. The maximum absolute atomic E-state index is 13.2. The highest BCUT2D eigenvalue weighted by atomic mass is 32.2. The molecule has 0 bridgehead atoms. The molecule has 0 saturated heterocycles. The Hall–Kier alpha value is -3.43. The lowest BCUT2D eigenvalue weighted by Crippen LogP contribution is -2.35. The molecule has 2 unspecified atom stereocenters. The minimum Gasteiger partial charge on any atom is -0.505 e. The molecule has 34 heavy (non-hydrogen) atoms. The molecule has 0 spiro atoms. The molecule has 0 aliphatic heterocycles. The number of ether oxygens (including phenoxy) is 2. The number of hydrogen-bond donors (Lipinski definition) is 3. The number of hydrogen-bond acceptors (Lipinski definition) is 7. The molecule has 4 N–H and O–H groups in total. The summed E-state index contributed by atoms with van der Waals surface area (Å²) in [5.74, 6) is 0.693. The fraction of sp³-hybridized carbons (Fsp3) is 0.280. The van der Waals surface area contributed by atoms with Gasteiger partial charge in [-0.2, -0.15) is 0 Å². The normalized spacial score (nSPS) is 13.2. The van der Waals surface area contributed by atoms with E-state index in [1.54, 1.807) is 19.2 Å². The van der Waals surface area contributed by atoms with Gasteiger partial charge in [-0.15, -0.1) is 0 Å². The lowest BCUT2D eigenvalue weighted by atomic mass is 9.97. The summed E-state index contributed by atoms with van der Waals surface area (Å²) in [7, 11) is -0.825. The number of methoxy groups -OCH3 is 2. The SMILES string of the molecule is COc1ccc(CC(c2ccccc2)N(c2ccc(N)c(C(C)O)c2O)S(C)(=O)=O)cc1OC. The molecule has 3 aromatic carbocycles. The molecule has 0 radical (unpaired) electrons. The number of rotatable bonds is 9. The van der Waals surface area contributed by atoms with E-state index < -0.39 is 22.2 Å². The molecule has 0 aromatic heterocycles. The predicted octanol–water partition coefficient (Wildman–Crippen LogP) is 3.79. The fourth-order valence-electron chi connectivity index (χ4n) is 4.05. The van der Waals surface area contributed by atoms with Crippen LogP contribution in [0, 0.1) is 0 Å². The van der Waals surface area contributed by atoms with Crippen LogP contribution in [0.4, 0.5) is 11.4 Å². The van der Waals surface area contributed by atoms with Crippen molar-refractivity contribution in [2.24, 2.45) is 0 Å². The van der Waals surface area contributed by atoms with E-state index in [1.807, 2.05) is 36.4 Å². The van der Waals surface area contributed by atoms with Crippen molar-refractivity contribution in [1.29, 1.82) is 0 Å². The summed E-state index contributed by atoms with van der Waals surface area (Å²) in [5, 5.41) is 21.2. The smallest absolute Gasteiger partial charge is 0.232 e. The second kappa shape index (κ2) is 10.2.